The number of carbonyl (C=O) groups is 2. The van der Waals surface area contributed by atoms with Crippen LogP contribution in [0.5, 0.6) is 0 Å². The number of rotatable bonds is 8. The molecule has 1 aliphatic rings. The van der Waals surface area contributed by atoms with Crippen molar-refractivity contribution in [2.75, 3.05) is 44.6 Å². The largest absolute Gasteiger partial charge is 0.355 e. The van der Waals surface area contributed by atoms with Crippen LogP contribution in [0, 0.1) is 6.92 Å². The lowest BCUT2D eigenvalue weighted by atomic mass is 10.2. The van der Waals surface area contributed by atoms with Crippen molar-refractivity contribution in [3.05, 3.63) is 62.2 Å². The molecule has 3 heterocycles. The van der Waals surface area contributed by atoms with Gasteiger partial charge < -0.3 is 15.5 Å². The highest BCUT2D eigenvalue weighted by atomic mass is 35.5. The van der Waals surface area contributed by atoms with Gasteiger partial charge in [-0.25, -0.2) is 4.98 Å². The number of amides is 2. The van der Waals surface area contributed by atoms with Gasteiger partial charge in [-0.15, -0.1) is 22.7 Å². The molecule has 3 aromatic rings. The zero-order valence-electron chi connectivity index (χ0n) is 18.3. The maximum Gasteiger partial charge on any atom is 0.273 e. The Labute approximate surface area is 206 Å². The number of aryl methyl sites for hydroxylation is 1. The predicted molar refractivity (Wildman–Crippen MR) is 135 cm³/mol. The number of halogens is 1. The van der Waals surface area contributed by atoms with Gasteiger partial charge in [0.05, 0.1) is 6.54 Å². The Morgan fingerprint density at radius 3 is 2.73 bits per heavy atom. The molecule has 0 aliphatic carbocycles. The van der Waals surface area contributed by atoms with Crippen LogP contribution >= 0.6 is 34.3 Å². The Morgan fingerprint density at radius 2 is 1.97 bits per heavy atom. The zero-order chi connectivity index (χ0) is 23.2. The van der Waals surface area contributed by atoms with Crippen LogP contribution < -0.4 is 10.6 Å². The fourth-order valence-electron chi connectivity index (χ4n) is 3.58. The number of nitrogens with one attached hydrogen (secondary N) is 2. The third-order valence-corrected chi connectivity index (χ3v) is 7.39. The Balaban J connectivity index is 1.22. The molecule has 0 atom stereocenters. The van der Waals surface area contributed by atoms with Crippen LogP contribution in [-0.2, 0) is 11.2 Å². The molecule has 1 aromatic carbocycles. The Bertz CT molecular complexity index is 1090. The van der Waals surface area contributed by atoms with Gasteiger partial charge in [-0.05, 0) is 42.5 Å². The van der Waals surface area contributed by atoms with Crippen molar-refractivity contribution >= 4 is 56.9 Å². The normalized spacial score (nSPS) is 14.3. The monoisotopic (exact) mass is 503 g/mol. The lowest BCUT2D eigenvalue weighted by Crippen LogP contribution is -2.51. The summed E-state index contributed by atoms with van der Waals surface area (Å²) >= 11 is 9.18. The molecule has 2 aromatic heterocycles. The highest BCUT2D eigenvalue weighted by molar-refractivity contribution is 7.14. The second-order valence-electron chi connectivity index (χ2n) is 7.87. The third-order valence-electron chi connectivity index (χ3n) is 5.46. The number of benzene rings is 1. The van der Waals surface area contributed by atoms with E-state index in [2.05, 4.69) is 26.6 Å². The molecule has 0 spiro atoms. The van der Waals surface area contributed by atoms with Gasteiger partial charge in [-0.3, -0.25) is 14.5 Å². The van der Waals surface area contributed by atoms with Crippen molar-refractivity contribution in [2.45, 2.75) is 13.3 Å². The highest BCUT2D eigenvalue weighted by Crippen LogP contribution is 2.26. The second kappa shape index (κ2) is 11.1. The summed E-state index contributed by atoms with van der Waals surface area (Å²) in [5.74, 6) is -0.0555. The molecule has 0 radical (unpaired) electrons. The van der Waals surface area contributed by atoms with E-state index < -0.39 is 0 Å². The van der Waals surface area contributed by atoms with E-state index in [0.29, 0.717) is 55.1 Å². The average Bonchev–Trinajstić information content (AvgIpc) is 3.49. The summed E-state index contributed by atoms with van der Waals surface area (Å²) < 4.78 is 0. The summed E-state index contributed by atoms with van der Waals surface area (Å²) in [5.41, 5.74) is 2.36. The van der Waals surface area contributed by atoms with Crippen LogP contribution in [0.4, 0.5) is 10.8 Å². The number of anilines is 2. The molecule has 7 nitrogen and oxygen atoms in total. The fraction of sp³-hybridized carbons (Fsp3) is 0.348. The second-order valence-corrected chi connectivity index (χ2v) is 10.2. The molecule has 33 heavy (non-hydrogen) atoms. The molecule has 2 N–H and O–H groups in total. The summed E-state index contributed by atoms with van der Waals surface area (Å²) in [5, 5.41) is 11.3. The van der Waals surface area contributed by atoms with Crippen LogP contribution in [0.1, 0.15) is 20.9 Å². The number of hydrogen-bond donors (Lipinski definition) is 2. The Kier molecular flexibility index (Phi) is 7.97. The first kappa shape index (κ1) is 23.7. The van der Waals surface area contributed by atoms with Gasteiger partial charge in [-0.1, -0.05) is 23.7 Å². The number of aromatic nitrogens is 1. The molecule has 0 unspecified atom stereocenters. The smallest absolute Gasteiger partial charge is 0.273 e. The van der Waals surface area contributed by atoms with Gasteiger partial charge in [0.2, 0.25) is 5.91 Å². The van der Waals surface area contributed by atoms with Crippen molar-refractivity contribution in [3.8, 4) is 0 Å². The molecule has 1 aliphatic heterocycles. The maximum atomic E-state index is 12.9. The minimum Gasteiger partial charge on any atom is -0.355 e. The van der Waals surface area contributed by atoms with E-state index in [1.165, 1.54) is 16.2 Å². The van der Waals surface area contributed by atoms with Gasteiger partial charge >= 0.3 is 0 Å². The van der Waals surface area contributed by atoms with Gasteiger partial charge in [-0.2, -0.15) is 0 Å². The molecule has 0 saturated carbocycles. The van der Waals surface area contributed by atoms with Gasteiger partial charge in [0.1, 0.15) is 5.69 Å². The number of thiophene rings is 1. The van der Waals surface area contributed by atoms with Crippen LogP contribution in [0.2, 0.25) is 5.02 Å². The molecule has 0 bridgehead atoms. The SMILES string of the molecule is Cc1ccc(Cl)cc1Nc1nc(C(=O)N2CCN(CC(=O)NCCc3cccs3)CC2)cs1. The Morgan fingerprint density at radius 1 is 1.15 bits per heavy atom. The lowest BCUT2D eigenvalue weighted by Gasteiger charge is -2.33. The Hall–Kier alpha value is -2.46. The van der Waals surface area contributed by atoms with Crippen LogP contribution in [0.25, 0.3) is 0 Å². The zero-order valence-corrected chi connectivity index (χ0v) is 20.7. The maximum absolute atomic E-state index is 12.9. The highest BCUT2D eigenvalue weighted by Gasteiger charge is 2.25. The summed E-state index contributed by atoms with van der Waals surface area (Å²) in [6.45, 7) is 5.48. The minimum atomic E-state index is -0.0813. The van der Waals surface area contributed by atoms with E-state index in [1.807, 2.05) is 36.6 Å². The number of carbonyl (C=O) groups excluding carboxylic acids is 2. The third kappa shape index (κ3) is 6.54. The standard InChI is InChI=1S/C23H26ClN5O2S2/c1-16-4-5-17(24)13-19(16)26-23-27-20(15-33-23)22(31)29-10-8-28(9-11-29)14-21(30)25-7-6-18-3-2-12-32-18/h2-5,12-13,15H,6-11,14H2,1H3,(H,25,30)(H,26,27). The van der Waals surface area contributed by atoms with Crippen molar-refractivity contribution in [3.63, 3.8) is 0 Å². The van der Waals surface area contributed by atoms with Crippen LogP contribution in [0.3, 0.4) is 0 Å². The van der Waals surface area contributed by atoms with Crippen LogP contribution in [0.15, 0.2) is 41.1 Å². The summed E-state index contributed by atoms with van der Waals surface area (Å²) in [6, 6.07) is 9.72. The van der Waals surface area contributed by atoms with Gasteiger partial charge in [0.15, 0.2) is 5.13 Å². The molecule has 2 amide bonds. The van der Waals surface area contributed by atoms with Crippen molar-refractivity contribution < 1.29 is 9.59 Å². The lowest BCUT2D eigenvalue weighted by molar-refractivity contribution is -0.122. The van der Waals surface area contributed by atoms with Crippen LogP contribution in [-0.4, -0.2) is 65.9 Å². The summed E-state index contributed by atoms with van der Waals surface area (Å²) in [4.78, 5) is 34.7. The fourth-order valence-corrected chi connectivity index (χ4v) is 5.16. The first-order chi connectivity index (χ1) is 16.0. The molecular formula is C23H26ClN5O2S2. The van der Waals surface area contributed by atoms with E-state index in [1.54, 1.807) is 21.6 Å². The van der Waals surface area contributed by atoms with Crippen molar-refractivity contribution in [1.82, 2.24) is 20.1 Å². The van der Waals surface area contributed by atoms with Crippen molar-refractivity contribution in [2.24, 2.45) is 0 Å². The number of nitrogens with zero attached hydrogens (tertiary/aromatic N) is 3. The number of piperazine rings is 1. The van der Waals surface area contributed by atoms with E-state index in [4.69, 9.17) is 11.6 Å². The molecule has 1 fully saturated rings. The number of hydrogen-bond acceptors (Lipinski definition) is 7. The molecule has 1 saturated heterocycles. The van der Waals surface area contributed by atoms with E-state index in [9.17, 15) is 9.59 Å². The van der Waals surface area contributed by atoms with Gasteiger partial charge in [0.25, 0.3) is 5.91 Å². The average molecular weight is 504 g/mol. The van der Waals surface area contributed by atoms with Gasteiger partial charge in [0, 0.05) is 53.7 Å². The summed E-state index contributed by atoms with van der Waals surface area (Å²) in [6.07, 6.45) is 0.854. The van der Waals surface area contributed by atoms with E-state index in [0.717, 1.165) is 17.7 Å². The molecule has 4 rings (SSSR count). The first-order valence-corrected chi connectivity index (χ1v) is 12.9. The van der Waals surface area contributed by atoms with Crippen molar-refractivity contribution in [1.29, 1.82) is 0 Å². The molecule has 174 valence electrons. The van der Waals surface area contributed by atoms with E-state index in [-0.39, 0.29) is 11.8 Å². The minimum absolute atomic E-state index is 0.0258. The summed E-state index contributed by atoms with van der Waals surface area (Å²) in [7, 11) is 0. The molecule has 10 heteroatoms. The van der Waals surface area contributed by atoms with E-state index >= 15 is 0 Å². The topological polar surface area (TPSA) is 77.6 Å². The quantitative estimate of drug-likeness (QED) is 0.485. The number of thiazole rings is 1. The first-order valence-electron chi connectivity index (χ1n) is 10.8. The predicted octanol–water partition coefficient (Wildman–Crippen LogP) is 4.03. The molecular weight excluding hydrogens is 478 g/mol.